The normalized spacial score (nSPS) is 17.1. The molecular formula is C16H16N2O3S. The van der Waals surface area contributed by atoms with Crippen molar-refractivity contribution in [2.24, 2.45) is 0 Å². The molecule has 0 saturated carbocycles. The highest BCUT2D eigenvalue weighted by Gasteiger charge is 2.41. The predicted molar refractivity (Wildman–Crippen MR) is 84.1 cm³/mol. The molecule has 0 fully saturated rings. The maximum absolute atomic E-state index is 13.0. The van der Waals surface area contributed by atoms with E-state index >= 15 is 0 Å². The zero-order valence-corrected chi connectivity index (χ0v) is 12.9. The summed E-state index contributed by atoms with van der Waals surface area (Å²) in [6.07, 6.45) is 0.377. The molecule has 114 valence electrons. The summed E-state index contributed by atoms with van der Waals surface area (Å²) in [4.78, 5) is 12.3. The van der Waals surface area contributed by atoms with Crippen LogP contribution in [0.3, 0.4) is 0 Å². The summed E-state index contributed by atoms with van der Waals surface area (Å²) in [5.41, 5.74) is 1.43. The Morgan fingerprint density at radius 2 is 1.73 bits per heavy atom. The minimum absolute atomic E-state index is 0.181. The van der Waals surface area contributed by atoms with Crippen molar-refractivity contribution in [2.75, 3.05) is 11.4 Å². The number of benzene rings is 2. The fourth-order valence-electron chi connectivity index (χ4n) is 2.73. The average molecular weight is 316 g/mol. The number of para-hydroxylation sites is 1. The Hall–Kier alpha value is -2.34. The molecule has 1 amide bonds. The molecule has 1 N–H and O–H groups in total. The number of amides is 1. The molecule has 5 nitrogen and oxygen atoms in total. The third kappa shape index (κ3) is 2.25. The number of nitrogens with zero attached hydrogens (tertiary/aromatic N) is 1. The lowest BCUT2D eigenvalue weighted by atomic mass is 10.1. The molecule has 1 atom stereocenters. The van der Waals surface area contributed by atoms with Gasteiger partial charge in [-0.3, -0.25) is 9.10 Å². The van der Waals surface area contributed by atoms with Gasteiger partial charge in [0.1, 0.15) is 6.04 Å². The van der Waals surface area contributed by atoms with Crippen molar-refractivity contribution < 1.29 is 13.2 Å². The predicted octanol–water partition coefficient (Wildman–Crippen LogP) is 1.55. The van der Waals surface area contributed by atoms with Crippen LogP contribution in [0.1, 0.15) is 5.56 Å². The Morgan fingerprint density at radius 1 is 1.09 bits per heavy atom. The Labute approximate surface area is 129 Å². The van der Waals surface area contributed by atoms with E-state index in [-0.39, 0.29) is 10.8 Å². The van der Waals surface area contributed by atoms with Gasteiger partial charge in [-0.25, -0.2) is 8.42 Å². The van der Waals surface area contributed by atoms with Crippen molar-refractivity contribution >= 4 is 21.6 Å². The molecule has 0 spiro atoms. The summed E-state index contributed by atoms with van der Waals surface area (Å²) in [7, 11) is -2.27. The molecule has 6 heteroatoms. The highest BCUT2D eigenvalue weighted by molar-refractivity contribution is 7.93. The topological polar surface area (TPSA) is 66.5 Å². The quantitative estimate of drug-likeness (QED) is 0.934. The maximum atomic E-state index is 13.0. The molecule has 1 aliphatic heterocycles. The lowest BCUT2D eigenvalue weighted by Gasteiger charge is -2.25. The highest BCUT2D eigenvalue weighted by Crippen LogP contribution is 2.36. The summed E-state index contributed by atoms with van der Waals surface area (Å²) in [6, 6.07) is 14.6. The van der Waals surface area contributed by atoms with Crippen LogP contribution in [0.4, 0.5) is 5.69 Å². The number of nitrogens with one attached hydrogen (secondary N) is 1. The fraction of sp³-hybridized carbons (Fsp3) is 0.188. The molecule has 3 rings (SSSR count). The standard InChI is InChI=1S/C16H16N2O3S/c1-17-16(19)15-11-12-7-5-6-10-14(12)18(15)22(20,21)13-8-3-2-4-9-13/h2-10,15H,11H2,1H3,(H,17,19)/t15-/m1/s1. The number of sulfonamides is 1. The van der Waals surface area contributed by atoms with Gasteiger partial charge in [-0.2, -0.15) is 0 Å². The minimum Gasteiger partial charge on any atom is -0.357 e. The molecule has 0 aliphatic carbocycles. The van der Waals surface area contributed by atoms with E-state index in [4.69, 9.17) is 0 Å². The largest absolute Gasteiger partial charge is 0.357 e. The van der Waals surface area contributed by atoms with Gasteiger partial charge < -0.3 is 5.32 Å². The molecule has 0 saturated heterocycles. The number of fused-ring (bicyclic) bond motifs is 1. The zero-order chi connectivity index (χ0) is 15.7. The van der Waals surface area contributed by atoms with Crippen LogP contribution in [0.2, 0.25) is 0 Å². The summed E-state index contributed by atoms with van der Waals surface area (Å²) < 4.78 is 27.2. The number of hydrogen-bond donors (Lipinski definition) is 1. The van der Waals surface area contributed by atoms with Gasteiger partial charge in [0.15, 0.2) is 0 Å². The fourth-order valence-corrected chi connectivity index (χ4v) is 4.40. The third-order valence-electron chi connectivity index (χ3n) is 3.77. The number of anilines is 1. The zero-order valence-electron chi connectivity index (χ0n) is 12.1. The number of hydrogen-bond acceptors (Lipinski definition) is 3. The van der Waals surface area contributed by atoms with Gasteiger partial charge in [0.25, 0.3) is 10.0 Å². The van der Waals surface area contributed by atoms with Crippen molar-refractivity contribution in [3.8, 4) is 0 Å². The Kier molecular flexibility index (Phi) is 3.62. The van der Waals surface area contributed by atoms with E-state index in [1.54, 1.807) is 30.3 Å². The number of carbonyl (C=O) groups is 1. The molecule has 22 heavy (non-hydrogen) atoms. The van der Waals surface area contributed by atoms with E-state index in [0.29, 0.717) is 12.1 Å². The van der Waals surface area contributed by atoms with E-state index in [1.165, 1.54) is 23.5 Å². The van der Waals surface area contributed by atoms with Crippen LogP contribution < -0.4 is 9.62 Å². The van der Waals surface area contributed by atoms with Crippen molar-refractivity contribution in [3.05, 3.63) is 60.2 Å². The number of carbonyl (C=O) groups excluding carboxylic acids is 1. The Morgan fingerprint density at radius 3 is 2.41 bits per heavy atom. The van der Waals surface area contributed by atoms with Crippen molar-refractivity contribution in [2.45, 2.75) is 17.4 Å². The first-order valence-electron chi connectivity index (χ1n) is 6.94. The van der Waals surface area contributed by atoms with E-state index in [2.05, 4.69) is 5.32 Å². The average Bonchev–Trinajstić information content (AvgIpc) is 2.95. The third-order valence-corrected chi connectivity index (χ3v) is 5.61. The van der Waals surface area contributed by atoms with E-state index in [9.17, 15) is 13.2 Å². The monoisotopic (exact) mass is 316 g/mol. The Balaban J connectivity index is 2.15. The molecular weight excluding hydrogens is 300 g/mol. The van der Waals surface area contributed by atoms with Gasteiger partial charge >= 0.3 is 0 Å². The van der Waals surface area contributed by atoms with Crippen molar-refractivity contribution in [1.29, 1.82) is 0 Å². The van der Waals surface area contributed by atoms with Gasteiger partial charge in [-0.15, -0.1) is 0 Å². The van der Waals surface area contributed by atoms with Crippen LogP contribution in [0.5, 0.6) is 0 Å². The van der Waals surface area contributed by atoms with Gasteiger partial charge in [-0.1, -0.05) is 36.4 Å². The summed E-state index contributed by atoms with van der Waals surface area (Å²) in [5, 5.41) is 2.55. The van der Waals surface area contributed by atoms with Crippen LogP contribution in [-0.2, 0) is 21.2 Å². The lowest BCUT2D eigenvalue weighted by molar-refractivity contribution is -0.121. The summed E-state index contributed by atoms with van der Waals surface area (Å²) in [6.45, 7) is 0. The number of likely N-dealkylation sites (N-methyl/N-ethyl adjacent to an activating group) is 1. The van der Waals surface area contributed by atoms with E-state index in [1.807, 2.05) is 12.1 Å². The highest BCUT2D eigenvalue weighted by atomic mass is 32.2. The van der Waals surface area contributed by atoms with Gasteiger partial charge in [0, 0.05) is 13.5 Å². The Bertz CT molecular complexity index is 803. The smallest absolute Gasteiger partial charge is 0.265 e. The van der Waals surface area contributed by atoms with Gasteiger partial charge in [0.2, 0.25) is 5.91 Å². The molecule has 1 aliphatic rings. The van der Waals surface area contributed by atoms with Crippen molar-refractivity contribution in [3.63, 3.8) is 0 Å². The first-order valence-corrected chi connectivity index (χ1v) is 8.38. The minimum atomic E-state index is -3.78. The van der Waals surface area contributed by atoms with Gasteiger partial charge in [-0.05, 0) is 23.8 Å². The number of rotatable bonds is 3. The first kappa shape index (κ1) is 14.6. The van der Waals surface area contributed by atoms with Crippen LogP contribution >= 0.6 is 0 Å². The molecule has 0 bridgehead atoms. The van der Waals surface area contributed by atoms with Crippen LogP contribution in [0.15, 0.2) is 59.5 Å². The second-order valence-corrected chi connectivity index (χ2v) is 6.89. The van der Waals surface area contributed by atoms with E-state index in [0.717, 1.165) is 5.56 Å². The van der Waals surface area contributed by atoms with Crippen molar-refractivity contribution in [1.82, 2.24) is 5.32 Å². The molecule has 1 heterocycles. The first-order chi connectivity index (χ1) is 10.6. The second-order valence-electron chi connectivity index (χ2n) is 5.08. The van der Waals surface area contributed by atoms with Crippen LogP contribution in [0.25, 0.3) is 0 Å². The molecule has 2 aromatic carbocycles. The van der Waals surface area contributed by atoms with E-state index < -0.39 is 16.1 Å². The van der Waals surface area contributed by atoms with Crippen LogP contribution in [0, 0.1) is 0 Å². The second kappa shape index (κ2) is 5.46. The SMILES string of the molecule is CNC(=O)[C@H]1Cc2ccccc2N1S(=O)(=O)c1ccccc1. The van der Waals surface area contributed by atoms with Crippen LogP contribution in [-0.4, -0.2) is 27.4 Å². The molecule has 2 aromatic rings. The molecule has 0 aromatic heterocycles. The van der Waals surface area contributed by atoms with Gasteiger partial charge in [0.05, 0.1) is 10.6 Å². The summed E-state index contributed by atoms with van der Waals surface area (Å²) in [5.74, 6) is -0.310. The molecule has 0 radical (unpaired) electrons. The lowest BCUT2D eigenvalue weighted by Crippen LogP contribution is -2.47. The molecule has 0 unspecified atom stereocenters. The maximum Gasteiger partial charge on any atom is 0.265 e. The summed E-state index contributed by atoms with van der Waals surface area (Å²) >= 11 is 0.